The lowest BCUT2D eigenvalue weighted by molar-refractivity contribution is -0.137. The van der Waals surface area contributed by atoms with Crippen LogP contribution in [-0.2, 0) is 6.18 Å². The molecule has 0 spiro atoms. The van der Waals surface area contributed by atoms with E-state index in [1.54, 1.807) is 0 Å². The minimum absolute atomic E-state index is 0.302. The van der Waals surface area contributed by atoms with Crippen LogP contribution in [0.5, 0.6) is 0 Å². The summed E-state index contributed by atoms with van der Waals surface area (Å²) in [6, 6.07) is 6.70. The molecule has 1 unspecified atom stereocenters. The van der Waals surface area contributed by atoms with E-state index in [1.807, 2.05) is 0 Å². The number of rotatable bonds is 3. The highest BCUT2D eigenvalue weighted by Gasteiger charge is 2.30. The predicted octanol–water partition coefficient (Wildman–Crippen LogP) is 3.54. The first-order valence-electron chi connectivity index (χ1n) is 5.91. The van der Waals surface area contributed by atoms with Gasteiger partial charge in [-0.15, -0.1) is 0 Å². The van der Waals surface area contributed by atoms with Crippen molar-refractivity contribution in [3.8, 4) is 0 Å². The van der Waals surface area contributed by atoms with Crippen molar-refractivity contribution in [2.45, 2.75) is 12.2 Å². The monoisotopic (exact) mass is 302 g/mol. The fourth-order valence-corrected chi connectivity index (χ4v) is 1.94. The van der Waals surface area contributed by atoms with Crippen molar-refractivity contribution in [3.63, 3.8) is 0 Å². The highest BCUT2D eigenvalue weighted by atomic mass is 19.4. The summed E-state index contributed by atoms with van der Waals surface area (Å²) >= 11 is 0. The van der Waals surface area contributed by atoms with Crippen molar-refractivity contribution in [3.05, 3.63) is 70.8 Å². The van der Waals surface area contributed by atoms with Crippen LogP contribution >= 0.6 is 0 Å². The molecule has 0 saturated carbocycles. The van der Waals surface area contributed by atoms with Crippen molar-refractivity contribution in [2.24, 2.45) is 5.84 Å². The molecule has 112 valence electrons. The van der Waals surface area contributed by atoms with Gasteiger partial charge in [-0.05, 0) is 35.4 Å². The molecule has 3 N–H and O–H groups in total. The standard InChI is InChI=1S/C14H11F5N2/c15-11-6-3-9(7-12(11)16)13(21-20)8-1-4-10(5-2-8)14(17,18)19/h1-7,13,21H,20H2. The van der Waals surface area contributed by atoms with Crippen molar-refractivity contribution < 1.29 is 22.0 Å². The van der Waals surface area contributed by atoms with Gasteiger partial charge in [0.2, 0.25) is 0 Å². The Bertz CT molecular complexity index is 622. The number of benzene rings is 2. The molecule has 0 amide bonds. The van der Waals surface area contributed by atoms with Crippen LogP contribution in [0.25, 0.3) is 0 Å². The fraction of sp³-hybridized carbons (Fsp3) is 0.143. The Labute approximate surface area is 117 Å². The average molecular weight is 302 g/mol. The van der Waals surface area contributed by atoms with Crippen LogP contribution in [0, 0.1) is 11.6 Å². The highest BCUT2D eigenvalue weighted by molar-refractivity contribution is 5.34. The normalized spacial score (nSPS) is 13.2. The summed E-state index contributed by atoms with van der Waals surface area (Å²) in [5.74, 6) is 3.29. The van der Waals surface area contributed by atoms with Crippen molar-refractivity contribution in [1.82, 2.24) is 5.43 Å². The maximum absolute atomic E-state index is 13.2. The van der Waals surface area contributed by atoms with Crippen molar-refractivity contribution in [1.29, 1.82) is 0 Å². The lowest BCUT2D eigenvalue weighted by Gasteiger charge is -2.18. The molecule has 0 aliphatic heterocycles. The van der Waals surface area contributed by atoms with E-state index in [-0.39, 0.29) is 0 Å². The molecule has 0 fully saturated rings. The fourth-order valence-electron chi connectivity index (χ4n) is 1.94. The molecule has 0 bridgehead atoms. The van der Waals surface area contributed by atoms with E-state index in [1.165, 1.54) is 18.2 Å². The molecular weight excluding hydrogens is 291 g/mol. The van der Waals surface area contributed by atoms with E-state index < -0.39 is 29.4 Å². The Morgan fingerprint density at radius 1 is 0.857 bits per heavy atom. The second-order valence-corrected chi connectivity index (χ2v) is 4.39. The molecule has 2 aromatic rings. The first-order chi connectivity index (χ1) is 9.82. The van der Waals surface area contributed by atoms with E-state index in [0.29, 0.717) is 11.1 Å². The molecule has 2 nitrogen and oxygen atoms in total. The Morgan fingerprint density at radius 2 is 1.43 bits per heavy atom. The van der Waals surface area contributed by atoms with E-state index in [2.05, 4.69) is 5.43 Å². The summed E-state index contributed by atoms with van der Waals surface area (Å²) in [7, 11) is 0. The van der Waals surface area contributed by atoms with Gasteiger partial charge in [0.25, 0.3) is 0 Å². The van der Waals surface area contributed by atoms with Crippen LogP contribution < -0.4 is 11.3 Å². The Morgan fingerprint density at radius 3 is 1.90 bits per heavy atom. The second-order valence-electron chi connectivity index (χ2n) is 4.39. The topological polar surface area (TPSA) is 38.0 Å². The Hall–Kier alpha value is -1.99. The molecule has 0 saturated heterocycles. The van der Waals surface area contributed by atoms with E-state index in [4.69, 9.17) is 5.84 Å². The van der Waals surface area contributed by atoms with Crippen molar-refractivity contribution >= 4 is 0 Å². The first kappa shape index (κ1) is 15.4. The third-order valence-electron chi connectivity index (χ3n) is 3.02. The van der Waals surface area contributed by atoms with Gasteiger partial charge >= 0.3 is 6.18 Å². The molecule has 0 aromatic heterocycles. The molecule has 0 aliphatic carbocycles. The molecule has 2 rings (SSSR count). The van der Waals surface area contributed by atoms with Gasteiger partial charge in [-0.1, -0.05) is 18.2 Å². The number of halogens is 5. The maximum Gasteiger partial charge on any atom is 0.416 e. The Balaban J connectivity index is 2.35. The minimum Gasteiger partial charge on any atom is -0.271 e. The average Bonchev–Trinajstić information content (AvgIpc) is 2.43. The van der Waals surface area contributed by atoms with E-state index in [9.17, 15) is 22.0 Å². The number of alkyl halides is 3. The van der Waals surface area contributed by atoms with Gasteiger partial charge in [0.05, 0.1) is 11.6 Å². The van der Waals surface area contributed by atoms with Crippen molar-refractivity contribution in [2.75, 3.05) is 0 Å². The molecule has 0 heterocycles. The lowest BCUT2D eigenvalue weighted by atomic mass is 9.98. The zero-order valence-electron chi connectivity index (χ0n) is 10.6. The van der Waals surface area contributed by atoms with Gasteiger partial charge in [0.1, 0.15) is 0 Å². The van der Waals surface area contributed by atoms with Crippen LogP contribution in [0.2, 0.25) is 0 Å². The highest BCUT2D eigenvalue weighted by Crippen LogP contribution is 2.31. The van der Waals surface area contributed by atoms with Crippen LogP contribution in [0.4, 0.5) is 22.0 Å². The van der Waals surface area contributed by atoms with Gasteiger partial charge < -0.3 is 0 Å². The molecule has 0 aliphatic rings. The zero-order valence-corrected chi connectivity index (χ0v) is 10.6. The first-order valence-corrected chi connectivity index (χ1v) is 5.91. The van der Waals surface area contributed by atoms with Crippen LogP contribution in [-0.4, -0.2) is 0 Å². The van der Waals surface area contributed by atoms with Crippen LogP contribution in [0.1, 0.15) is 22.7 Å². The van der Waals surface area contributed by atoms with E-state index >= 15 is 0 Å². The number of hydrazine groups is 1. The molecular formula is C14H11F5N2. The summed E-state index contributed by atoms with van der Waals surface area (Å²) in [6.07, 6.45) is -4.44. The summed E-state index contributed by atoms with van der Waals surface area (Å²) < 4.78 is 63.6. The number of nitrogens with one attached hydrogen (secondary N) is 1. The summed E-state index contributed by atoms with van der Waals surface area (Å²) in [4.78, 5) is 0. The predicted molar refractivity (Wildman–Crippen MR) is 67.0 cm³/mol. The molecule has 7 heteroatoms. The quantitative estimate of drug-likeness (QED) is 0.517. The van der Waals surface area contributed by atoms with Gasteiger partial charge in [-0.3, -0.25) is 5.84 Å². The van der Waals surface area contributed by atoms with Gasteiger partial charge in [0.15, 0.2) is 11.6 Å². The van der Waals surface area contributed by atoms with Gasteiger partial charge in [-0.2, -0.15) is 13.2 Å². The molecule has 21 heavy (non-hydrogen) atoms. The largest absolute Gasteiger partial charge is 0.416 e. The Kier molecular flexibility index (Phi) is 4.24. The summed E-state index contributed by atoms with van der Waals surface area (Å²) in [5, 5.41) is 0. The number of hydrogen-bond donors (Lipinski definition) is 2. The maximum atomic E-state index is 13.2. The molecule has 1 atom stereocenters. The van der Waals surface area contributed by atoms with Gasteiger partial charge in [0, 0.05) is 0 Å². The van der Waals surface area contributed by atoms with E-state index in [0.717, 1.165) is 24.3 Å². The minimum atomic E-state index is -4.44. The molecule has 0 radical (unpaired) electrons. The zero-order chi connectivity index (χ0) is 15.6. The third kappa shape index (κ3) is 3.37. The van der Waals surface area contributed by atoms with Gasteiger partial charge in [-0.25, -0.2) is 14.2 Å². The summed E-state index contributed by atoms with van der Waals surface area (Å²) in [6.45, 7) is 0. The third-order valence-corrected chi connectivity index (χ3v) is 3.02. The number of nitrogens with two attached hydrogens (primary N) is 1. The lowest BCUT2D eigenvalue weighted by Crippen LogP contribution is -2.29. The number of hydrogen-bond acceptors (Lipinski definition) is 2. The SMILES string of the molecule is NNC(c1ccc(C(F)(F)F)cc1)c1ccc(F)c(F)c1. The second kappa shape index (κ2) is 5.79. The smallest absolute Gasteiger partial charge is 0.271 e. The molecule has 2 aromatic carbocycles. The van der Waals surface area contributed by atoms with Crippen LogP contribution in [0.15, 0.2) is 42.5 Å². The summed E-state index contributed by atoms with van der Waals surface area (Å²) in [5.41, 5.74) is 2.27. The van der Waals surface area contributed by atoms with Crippen LogP contribution in [0.3, 0.4) is 0 Å².